The van der Waals surface area contributed by atoms with Crippen LogP contribution in [0.2, 0.25) is 5.02 Å². The van der Waals surface area contributed by atoms with Crippen molar-refractivity contribution in [3.05, 3.63) is 33.7 Å². The number of hydrogen-bond donors (Lipinski definition) is 1. The zero-order valence-corrected chi connectivity index (χ0v) is 12.2. The Labute approximate surface area is 125 Å². The predicted octanol–water partition coefficient (Wildman–Crippen LogP) is 2.73. The van der Waals surface area contributed by atoms with Crippen LogP contribution in [0, 0.1) is 0 Å². The maximum atomic E-state index is 12.1. The number of benzene rings is 1. The highest BCUT2D eigenvalue weighted by Gasteiger charge is 2.34. The van der Waals surface area contributed by atoms with Crippen LogP contribution in [0.1, 0.15) is 5.56 Å². The number of ether oxygens (including phenoxy) is 1. The fourth-order valence-corrected chi connectivity index (χ4v) is 2.69. The maximum Gasteiger partial charge on any atom is 0.293 e. The average molecular weight is 314 g/mol. The summed E-state index contributed by atoms with van der Waals surface area (Å²) in [7, 11) is 1.50. The molecular weight excluding hydrogens is 302 g/mol. The molecule has 0 radical (unpaired) electrons. The van der Waals surface area contributed by atoms with E-state index in [0.717, 1.165) is 16.7 Å². The Bertz CT molecular complexity index is 588. The number of aromatic hydroxyl groups is 1. The number of amides is 2. The molecule has 5 nitrogen and oxygen atoms in total. The van der Waals surface area contributed by atoms with E-state index in [4.69, 9.17) is 16.3 Å². The number of halogens is 1. The van der Waals surface area contributed by atoms with E-state index in [0.29, 0.717) is 10.6 Å². The van der Waals surface area contributed by atoms with Crippen LogP contribution in [0.15, 0.2) is 23.1 Å². The molecule has 1 N–H and O–H groups in total. The molecular formula is C13H12ClNO4S. The Morgan fingerprint density at radius 1 is 1.45 bits per heavy atom. The van der Waals surface area contributed by atoms with Crippen LogP contribution in [0.25, 0.3) is 6.08 Å². The van der Waals surface area contributed by atoms with Gasteiger partial charge >= 0.3 is 0 Å². The van der Waals surface area contributed by atoms with E-state index < -0.39 is 5.91 Å². The quantitative estimate of drug-likeness (QED) is 0.866. The highest BCUT2D eigenvalue weighted by molar-refractivity contribution is 8.18. The summed E-state index contributed by atoms with van der Waals surface area (Å²) in [4.78, 5) is 25.2. The number of imide groups is 1. The standard InChI is InChI=1S/C13H12ClNO4S/c1-19-5-4-15-12(17)11(20-13(15)18)7-8-6-9(14)2-3-10(8)16/h2-3,6-7,16H,4-5H2,1H3/b11-7+. The number of rotatable bonds is 4. The fourth-order valence-electron chi connectivity index (χ4n) is 1.66. The molecule has 1 aromatic rings. The lowest BCUT2D eigenvalue weighted by atomic mass is 10.2. The Morgan fingerprint density at radius 3 is 2.90 bits per heavy atom. The molecule has 0 unspecified atom stereocenters. The Morgan fingerprint density at radius 2 is 2.20 bits per heavy atom. The van der Waals surface area contributed by atoms with Gasteiger partial charge in [0.2, 0.25) is 0 Å². The summed E-state index contributed by atoms with van der Waals surface area (Å²) >= 11 is 6.67. The molecule has 20 heavy (non-hydrogen) atoms. The monoisotopic (exact) mass is 313 g/mol. The molecule has 106 valence electrons. The van der Waals surface area contributed by atoms with E-state index in [-0.39, 0.29) is 29.0 Å². The minimum Gasteiger partial charge on any atom is -0.507 e. The van der Waals surface area contributed by atoms with Crippen molar-refractivity contribution in [2.24, 2.45) is 0 Å². The second-order valence-corrected chi connectivity index (χ2v) is 5.46. The van der Waals surface area contributed by atoms with Gasteiger partial charge in [-0.2, -0.15) is 0 Å². The maximum absolute atomic E-state index is 12.1. The van der Waals surface area contributed by atoms with Gasteiger partial charge in [0.25, 0.3) is 11.1 Å². The first kappa shape index (κ1) is 14.9. The lowest BCUT2D eigenvalue weighted by molar-refractivity contribution is -0.123. The summed E-state index contributed by atoms with van der Waals surface area (Å²) in [5.74, 6) is -0.394. The number of nitrogens with zero attached hydrogens (tertiary/aromatic N) is 1. The number of carbonyl (C=O) groups excluding carboxylic acids is 2. The van der Waals surface area contributed by atoms with Crippen LogP contribution in [-0.2, 0) is 9.53 Å². The first-order valence-electron chi connectivity index (χ1n) is 5.75. The summed E-state index contributed by atoms with van der Waals surface area (Å²) in [6, 6.07) is 4.50. The molecule has 0 aliphatic carbocycles. The first-order valence-corrected chi connectivity index (χ1v) is 6.95. The lowest BCUT2D eigenvalue weighted by Crippen LogP contribution is -2.31. The SMILES string of the molecule is COCCN1C(=O)S/C(=C/c2cc(Cl)ccc2O)C1=O. The highest BCUT2D eigenvalue weighted by Crippen LogP contribution is 2.34. The van der Waals surface area contributed by atoms with Crippen LogP contribution in [-0.4, -0.2) is 41.4 Å². The molecule has 1 saturated heterocycles. The van der Waals surface area contributed by atoms with Gasteiger partial charge in [-0.3, -0.25) is 14.5 Å². The molecule has 0 aromatic heterocycles. The number of phenols is 1. The lowest BCUT2D eigenvalue weighted by Gasteiger charge is -2.10. The van der Waals surface area contributed by atoms with E-state index in [9.17, 15) is 14.7 Å². The van der Waals surface area contributed by atoms with E-state index in [1.807, 2.05) is 0 Å². The molecule has 7 heteroatoms. The second kappa shape index (κ2) is 6.30. The van der Waals surface area contributed by atoms with Gasteiger partial charge in [0, 0.05) is 17.7 Å². The predicted molar refractivity (Wildman–Crippen MR) is 77.7 cm³/mol. The van der Waals surface area contributed by atoms with E-state index in [2.05, 4.69) is 0 Å². The molecule has 1 fully saturated rings. The fraction of sp³-hybridized carbons (Fsp3) is 0.231. The van der Waals surface area contributed by atoms with Crippen molar-refractivity contribution in [3.63, 3.8) is 0 Å². The zero-order valence-electron chi connectivity index (χ0n) is 10.6. The Hall–Kier alpha value is -1.50. The van der Waals surface area contributed by atoms with Gasteiger partial charge < -0.3 is 9.84 Å². The third-order valence-electron chi connectivity index (χ3n) is 2.67. The molecule has 0 spiro atoms. The van der Waals surface area contributed by atoms with Crippen LogP contribution >= 0.6 is 23.4 Å². The first-order chi connectivity index (χ1) is 9.52. The van der Waals surface area contributed by atoms with Crippen molar-refractivity contribution >= 4 is 40.6 Å². The molecule has 2 amide bonds. The van der Waals surface area contributed by atoms with Crippen molar-refractivity contribution in [2.75, 3.05) is 20.3 Å². The van der Waals surface area contributed by atoms with Crippen molar-refractivity contribution in [1.29, 1.82) is 0 Å². The molecule has 1 aromatic carbocycles. The smallest absolute Gasteiger partial charge is 0.293 e. The summed E-state index contributed by atoms with van der Waals surface area (Å²) in [5.41, 5.74) is 0.398. The van der Waals surface area contributed by atoms with Crippen LogP contribution < -0.4 is 0 Å². The zero-order chi connectivity index (χ0) is 14.7. The minimum absolute atomic E-state index is 0.00177. The molecule has 0 atom stereocenters. The van der Waals surface area contributed by atoms with Gasteiger partial charge in [0.15, 0.2) is 0 Å². The van der Waals surface area contributed by atoms with Crippen molar-refractivity contribution < 1.29 is 19.4 Å². The Balaban J connectivity index is 2.25. The third-order valence-corrected chi connectivity index (χ3v) is 3.81. The van der Waals surface area contributed by atoms with Gasteiger partial charge in [0.05, 0.1) is 18.1 Å². The number of phenolic OH excluding ortho intramolecular Hbond substituents is 1. The van der Waals surface area contributed by atoms with Gasteiger partial charge in [-0.05, 0) is 36.0 Å². The van der Waals surface area contributed by atoms with Gasteiger partial charge in [0.1, 0.15) is 5.75 Å². The number of carbonyl (C=O) groups is 2. The largest absolute Gasteiger partial charge is 0.507 e. The average Bonchev–Trinajstić information content (AvgIpc) is 2.67. The van der Waals surface area contributed by atoms with E-state index >= 15 is 0 Å². The van der Waals surface area contributed by atoms with Crippen molar-refractivity contribution in [2.45, 2.75) is 0 Å². The molecule has 0 saturated carbocycles. The topological polar surface area (TPSA) is 66.8 Å². The van der Waals surface area contributed by atoms with Crippen molar-refractivity contribution in [1.82, 2.24) is 4.90 Å². The second-order valence-electron chi connectivity index (χ2n) is 4.03. The summed E-state index contributed by atoms with van der Waals surface area (Å²) in [5, 5.41) is 9.80. The molecule has 1 aliphatic heterocycles. The third kappa shape index (κ3) is 3.15. The van der Waals surface area contributed by atoms with Gasteiger partial charge in [-0.15, -0.1) is 0 Å². The van der Waals surface area contributed by atoms with Crippen LogP contribution in [0.5, 0.6) is 5.75 Å². The molecule has 1 heterocycles. The molecule has 1 aliphatic rings. The van der Waals surface area contributed by atoms with Gasteiger partial charge in [-0.1, -0.05) is 11.6 Å². The summed E-state index contributed by atoms with van der Waals surface area (Å²) in [6.07, 6.45) is 1.46. The molecule has 2 rings (SSSR count). The number of methoxy groups -OCH3 is 1. The summed E-state index contributed by atoms with van der Waals surface area (Å²) in [6.45, 7) is 0.494. The summed E-state index contributed by atoms with van der Waals surface area (Å²) < 4.78 is 4.86. The van der Waals surface area contributed by atoms with Crippen molar-refractivity contribution in [3.8, 4) is 5.75 Å². The normalized spacial score (nSPS) is 17.3. The van der Waals surface area contributed by atoms with E-state index in [1.165, 1.54) is 25.3 Å². The van der Waals surface area contributed by atoms with Gasteiger partial charge in [-0.25, -0.2) is 0 Å². The van der Waals surface area contributed by atoms with E-state index in [1.54, 1.807) is 6.07 Å². The highest BCUT2D eigenvalue weighted by atomic mass is 35.5. The Kier molecular flexibility index (Phi) is 4.69. The minimum atomic E-state index is -0.392. The molecule has 0 bridgehead atoms. The number of thioether (sulfide) groups is 1. The van der Waals surface area contributed by atoms with Crippen LogP contribution in [0.3, 0.4) is 0 Å². The number of hydrogen-bond acceptors (Lipinski definition) is 5. The van der Waals surface area contributed by atoms with Crippen LogP contribution in [0.4, 0.5) is 4.79 Å².